The zero-order valence-electron chi connectivity index (χ0n) is 11.9. The number of rotatable bonds is 2. The van der Waals surface area contributed by atoms with Gasteiger partial charge in [-0.3, -0.25) is 0 Å². The maximum atomic E-state index is 6.46. The number of aryl methyl sites for hydroxylation is 2. The molecule has 0 aromatic heterocycles. The second-order valence-electron chi connectivity index (χ2n) is 5.54. The minimum Gasteiger partial charge on any atom is -0.488 e. The molecule has 0 saturated carbocycles. The van der Waals surface area contributed by atoms with Gasteiger partial charge in [0.1, 0.15) is 11.9 Å². The predicted octanol–water partition coefficient (Wildman–Crippen LogP) is 3.78. The van der Waals surface area contributed by atoms with Gasteiger partial charge < -0.3 is 10.5 Å². The Balaban J connectivity index is 1.86. The molecule has 0 spiro atoms. The summed E-state index contributed by atoms with van der Waals surface area (Å²) in [5.74, 6) is 0.951. The third-order valence-corrected chi connectivity index (χ3v) is 4.12. The average Bonchev–Trinajstić information content (AvgIpc) is 2.62. The van der Waals surface area contributed by atoms with Crippen molar-refractivity contribution in [3.63, 3.8) is 0 Å². The van der Waals surface area contributed by atoms with Crippen LogP contribution in [0.2, 0.25) is 0 Å². The number of fused-ring (bicyclic) bond motifs is 1. The summed E-state index contributed by atoms with van der Waals surface area (Å²) in [5, 5.41) is 0. The summed E-state index contributed by atoms with van der Waals surface area (Å²) in [6.07, 6.45) is 3.28. The molecule has 0 heterocycles. The SMILES string of the molecule is Cc1ccccc1OC1CCCc2ccccc2C1N. The van der Waals surface area contributed by atoms with E-state index in [2.05, 4.69) is 37.3 Å². The summed E-state index contributed by atoms with van der Waals surface area (Å²) in [6, 6.07) is 16.6. The fourth-order valence-corrected chi connectivity index (χ4v) is 2.94. The topological polar surface area (TPSA) is 35.2 Å². The van der Waals surface area contributed by atoms with E-state index in [0.29, 0.717) is 0 Å². The average molecular weight is 267 g/mol. The van der Waals surface area contributed by atoms with E-state index in [1.165, 1.54) is 11.1 Å². The van der Waals surface area contributed by atoms with Gasteiger partial charge in [0.05, 0.1) is 6.04 Å². The summed E-state index contributed by atoms with van der Waals surface area (Å²) < 4.78 is 6.21. The molecule has 2 aromatic carbocycles. The smallest absolute Gasteiger partial charge is 0.122 e. The van der Waals surface area contributed by atoms with Crippen molar-refractivity contribution in [2.24, 2.45) is 5.73 Å². The standard InChI is InChI=1S/C18H21NO/c1-13-7-2-5-11-16(13)20-17-12-6-9-14-8-3-4-10-15(14)18(17)19/h2-5,7-8,10-11,17-18H,6,9,12,19H2,1H3. The van der Waals surface area contributed by atoms with Crippen molar-refractivity contribution < 1.29 is 4.74 Å². The van der Waals surface area contributed by atoms with Gasteiger partial charge in [-0.2, -0.15) is 0 Å². The summed E-state index contributed by atoms with van der Waals surface area (Å²) in [5.41, 5.74) is 10.2. The van der Waals surface area contributed by atoms with Crippen molar-refractivity contribution >= 4 is 0 Å². The van der Waals surface area contributed by atoms with Crippen molar-refractivity contribution in [2.75, 3.05) is 0 Å². The Labute approximate surface area is 120 Å². The molecule has 2 atom stereocenters. The maximum absolute atomic E-state index is 6.46. The van der Waals surface area contributed by atoms with Crippen molar-refractivity contribution in [3.05, 3.63) is 65.2 Å². The third kappa shape index (κ3) is 2.56. The highest BCUT2D eigenvalue weighted by Gasteiger charge is 2.26. The van der Waals surface area contributed by atoms with Gasteiger partial charge >= 0.3 is 0 Å². The molecule has 0 radical (unpaired) electrons. The Bertz CT molecular complexity index is 593. The lowest BCUT2D eigenvalue weighted by Gasteiger charge is -2.25. The number of benzene rings is 2. The van der Waals surface area contributed by atoms with Crippen LogP contribution in [-0.4, -0.2) is 6.10 Å². The van der Waals surface area contributed by atoms with Crippen molar-refractivity contribution in [2.45, 2.75) is 38.3 Å². The Kier molecular flexibility index (Phi) is 3.75. The molecule has 2 N–H and O–H groups in total. The van der Waals surface area contributed by atoms with Gasteiger partial charge in [0.15, 0.2) is 0 Å². The van der Waals surface area contributed by atoms with Crippen LogP contribution in [-0.2, 0) is 6.42 Å². The van der Waals surface area contributed by atoms with Crippen LogP contribution in [0.15, 0.2) is 48.5 Å². The van der Waals surface area contributed by atoms with Gasteiger partial charge in [0.25, 0.3) is 0 Å². The van der Waals surface area contributed by atoms with E-state index in [1.807, 2.05) is 18.2 Å². The van der Waals surface area contributed by atoms with E-state index in [-0.39, 0.29) is 12.1 Å². The summed E-state index contributed by atoms with van der Waals surface area (Å²) in [7, 11) is 0. The fraction of sp³-hybridized carbons (Fsp3) is 0.333. The quantitative estimate of drug-likeness (QED) is 0.840. The largest absolute Gasteiger partial charge is 0.488 e. The highest BCUT2D eigenvalue weighted by atomic mass is 16.5. The molecular weight excluding hydrogens is 246 g/mol. The molecule has 0 amide bonds. The van der Waals surface area contributed by atoms with Crippen LogP contribution in [0, 0.1) is 6.92 Å². The summed E-state index contributed by atoms with van der Waals surface area (Å²) in [4.78, 5) is 0. The summed E-state index contributed by atoms with van der Waals surface area (Å²) >= 11 is 0. The van der Waals surface area contributed by atoms with Gasteiger partial charge in [-0.25, -0.2) is 0 Å². The van der Waals surface area contributed by atoms with Gasteiger partial charge in [0, 0.05) is 0 Å². The Morgan fingerprint density at radius 3 is 2.65 bits per heavy atom. The molecule has 2 unspecified atom stereocenters. The van der Waals surface area contributed by atoms with Crippen molar-refractivity contribution in [1.82, 2.24) is 0 Å². The van der Waals surface area contributed by atoms with Crippen molar-refractivity contribution in [1.29, 1.82) is 0 Å². The Morgan fingerprint density at radius 1 is 1.05 bits per heavy atom. The number of hydrogen-bond donors (Lipinski definition) is 1. The molecule has 2 aromatic rings. The molecule has 0 saturated heterocycles. The lowest BCUT2D eigenvalue weighted by molar-refractivity contribution is 0.161. The zero-order chi connectivity index (χ0) is 13.9. The fourth-order valence-electron chi connectivity index (χ4n) is 2.94. The van der Waals surface area contributed by atoms with Gasteiger partial charge in [-0.1, -0.05) is 42.5 Å². The number of hydrogen-bond acceptors (Lipinski definition) is 2. The highest BCUT2D eigenvalue weighted by molar-refractivity contribution is 5.34. The highest BCUT2D eigenvalue weighted by Crippen LogP contribution is 2.31. The lowest BCUT2D eigenvalue weighted by Crippen LogP contribution is -2.31. The predicted molar refractivity (Wildman–Crippen MR) is 81.9 cm³/mol. The van der Waals surface area contributed by atoms with E-state index in [4.69, 9.17) is 10.5 Å². The van der Waals surface area contributed by atoms with E-state index in [0.717, 1.165) is 30.6 Å². The first-order valence-corrected chi connectivity index (χ1v) is 7.31. The van der Waals surface area contributed by atoms with E-state index < -0.39 is 0 Å². The van der Waals surface area contributed by atoms with Crippen LogP contribution in [0.4, 0.5) is 0 Å². The number of ether oxygens (including phenoxy) is 1. The molecule has 1 aliphatic carbocycles. The molecule has 2 nitrogen and oxygen atoms in total. The van der Waals surface area contributed by atoms with Crippen LogP contribution in [0.25, 0.3) is 0 Å². The number of para-hydroxylation sites is 1. The molecule has 1 aliphatic rings. The van der Waals surface area contributed by atoms with Crippen LogP contribution in [0.1, 0.15) is 35.6 Å². The Morgan fingerprint density at radius 2 is 1.80 bits per heavy atom. The molecule has 104 valence electrons. The zero-order valence-corrected chi connectivity index (χ0v) is 11.9. The van der Waals surface area contributed by atoms with Crippen LogP contribution >= 0.6 is 0 Å². The van der Waals surface area contributed by atoms with E-state index in [9.17, 15) is 0 Å². The normalized spacial score (nSPS) is 21.9. The lowest BCUT2D eigenvalue weighted by atomic mass is 9.98. The van der Waals surface area contributed by atoms with Crippen LogP contribution < -0.4 is 10.5 Å². The monoisotopic (exact) mass is 267 g/mol. The third-order valence-electron chi connectivity index (χ3n) is 4.12. The first-order valence-electron chi connectivity index (χ1n) is 7.31. The molecule has 0 fully saturated rings. The van der Waals surface area contributed by atoms with E-state index in [1.54, 1.807) is 0 Å². The van der Waals surface area contributed by atoms with Crippen LogP contribution in [0.5, 0.6) is 5.75 Å². The summed E-state index contributed by atoms with van der Waals surface area (Å²) in [6.45, 7) is 2.07. The van der Waals surface area contributed by atoms with Crippen LogP contribution in [0.3, 0.4) is 0 Å². The molecule has 20 heavy (non-hydrogen) atoms. The second-order valence-corrected chi connectivity index (χ2v) is 5.54. The molecule has 2 heteroatoms. The first-order chi connectivity index (χ1) is 9.75. The van der Waals surface area contributed by atoms with E-state index >= 15 is 0 Å². The Hall–Kier alpha value is -1.80. The second kappa shape index (κ2) is 5.68. The van der Waals surface area contributed by atoms with Gasteiger partial charge in [0.2, 0.25) is 0 Å². The van der Waals surface area contributed by atoms with Gasteiger partial charge in [-0.05, 0) is 48.9 Å². The molecular formula is C18H21NO. The molecule has 0 bridgehead atoms. The maximum Gasteiger partial charge on any atom is 0.122 e. The molecule has 0 aliphatic heterocycles. The van der Waals surface area contributed by atoms with Crippen molar-refractivity contribution in [3.8, 4) is 5.75 Å². The van der Waals surface area contributed by atoms with Gasteiger partial charge in [-0.15, -0.1) is 0 Å². The minimum atomic E-state index is -0.0479. The first kappa shape index (κ1) is 13.2. The molecule has 3 rings (SSSR count). The number of nitrogens with two attached hydrogens (primary N) is 1. The minimum absolute atomic E-state index is 0.0479.